The molecule has 4 rings (SSSR count). The van der Waals surface area contributed by atoms with E-state index in [-0.39, 0.29) is 13.0 Å². The van der Waals surface area contributed by atoms with Gasteiger partial charge in [-0.2, -0.15) is 0 Å². The number of alkyl halides is 3. The Morgan fingerprint density at radius 2 is 1.43 bits per heavy atom. The van der Waals surface area contributed by atoms with Crippen LogP contribution in [-0.4, -0.2) is 30.6 Å². The molecule has 0 amide bonds. The van der Waals surface area contributed by atoms with Crippen LogP contribution in [0.2, 0.25) is 0 Å². The minimum atomic E-state index is -4.46. The average Bonchev–Trinajstić information content (AvgIpc) is 3.26. The third-order valence-corrected chi connectivity index (χ3v) is 10.3. The number of nitrogens with zero attached hydrogens (tertiary/aromatic N) is 2. The molecule has 1 saturated heterocycles. The van der Waals surface area contributed by atoms with E-state index in [2.05, 4.69) is 6.58 Å². The first-order valence-corrected chi connectivity index (χ1v) is 13.9. The van der Waals surface area contributed by atoms with Crippen molar-refractivity contribution in [2.75, 3.05) is 29.0 Å². The van der Waals surface area contributed by atoms with Gasteiger partial charge < -0.3 is 0 Å². The molecule has 0 aromatic heterocycles. The Hall–Kier alpha value is -3.35. The third-order valence-electron chi connectivity index (χ3n) is 6.58. The number of halogens is 3. The fourth-order valence-corrected chi connectivity index (χ4v) is 8.24. The zero-order valence-corrected chi connectivity index (χ0v) is 21.5. The zero-order chi connectivity index (χ0) is 26.6. The molecule has 1 aliphatic heterocycles. The van der Waals surface area contributed by atoms with Crippen LogP contribution in [0.4, 0.5) is 24.5 Å². The van der Waals surface area contributed by atoms with Crippen molar-refractivity contribution in [3.05, 3.63) is 108 Å². The van der Waals surface area contributed by atoms with E-state index in [1.54, 1.807) is 6.92 Å². The summed E-state index contributed by atoms with van der Waals surface area (Å²) in [5.41, 5.74) is 1.35. The molecular weight excluding hydrogens is 500 g/mol. The van der Waals surface area contributed by atoms with Gasteiger partial charge in [0.05, 0.1) is 0 Å². The maximum absolute atomic E-state index is 13.2. The molecule has 1 N–H and O–H groups in total. The summed E-state index contributed by atoms with van der Waals surface area (Å²) < 4.78 is 48.4. The first-order valence-electron chi connectivity index (χ1n) is 12.1. The number of carbonyl (C=O) groups is 1. The van der Waals surface area contributed by atoms with E-state index in [1.165, 1.54) is 12.1 Å². The summed E-state index contributed by atoms with van der Waals surface area (Å²) >= 11 is 0. The van der Waals surface area contributed by atoms with Gasteiger partial charge in [0.15, 0.2) is 0 Å². The zero-order valence-electron chi connectivity index (χ0n) is 20.5. The molecule has 196 valence electrons. The van der Waals surface area contributed by atoms with E-state index in [1.807, 2.05) is 70.0 Å². The van der Waals surface area contributed by atoms with E-state index in [4.69, 9.17) is 4.74 Å². The van der Waals surface area contributed by atoms with Gasteiger partial charge in [0, 0.05) is 0 Å². The monoisotopic (exact) mass is 530 g/mol. The molecule has 3 aromatic rings. The predicted molar refractivity (Wildman–Crippen MR) is 143 cm³/mol. The SMILES string of the molecule is C=C(C(Cc1ccc(C(F)(F)F)cc1)C(=O)OCC)[PH]1(O)N(c2ccccc2)CCN1c1ccccc1. The van der Waals surface area contributed by atoms with Crippen molar-refractivity contribution >= 4 is 25.1 Å². The summed E-state index contributed by atoms with van der Waals surface area (Å²) in [7, 11) is -3.79. The van der Waals surface area contributed by atoms with Crippen molar-refractivity contribution in [1.29, 1.82) is 0 Å². The van der Waals surface area contributed by atoms with Gasteiger partial charge in [0.1, 0.15) is 0 Å². The number of hydrogen-bond donors (Lipinski definition) is 1. The van der Waals surface area contributed by atoms with Crippen molar-refractivity contribution in [3.8, 4) is 0 Å². The Bertz CT molecular complexity index is 1170. The Balaban J connectivity index is 1.75. The van der Waals surface area contributed by atoms with E-state index >= 15 is 0 Å². The fraction of sp³-hybridized carbons (Fsp3) is 0.250. The Labute approximate surface area is 215 Å². The van der Waals surface area contributed by atoms with Gasteiger partial charge in [-0.05, 0) is 0 Å². The van der Waals surface area contributed by atoms with Crippen molar-refractivity contribution in [2.24, 2.45) is 5.92 Å². The van der Waals surface area contributed by atoms with E-state index in [0.29, 0.717) is 24.0 Å². The predicted octanol–water partition coefficient (Wildman–Crippen LogP) is 6.45. The van der Waals surface area contributed by atoms with Gasteiger partial charge in [0.25, 0.3) is 0 Å². The Morgan fingerprint density at radius 1 is 0.946 bits per heavy atom. The molecular formula is C28H30F3N2O3P. The molecule has 1 unspecified atom stereocenters. The van der Waals surface area contributed by atoms with Gasteiger partial charge >= 0.3 is 215 Å². The molecule has 0 aliphatic carbocycles. The number of anilines is 2. The van der Waals surface area contributed by atoms with Gasteiger partial charge in [0.2, 0.25) is 0 Å². The molecule has 0 saturated carbocycles. The number of ether oxygens (including phenoxy) is 1. The van der Waals surface area contributed by atoms with Crippen LogP contribution in [0.3, 0.4) is 0 Å². The number of carbonyl (C=O) groups excluding carboxylic acids is 1. The number of hydrogen-bond acceptors (Lipinski definition) is 5. The van der Waals surface area contributed by atoms with Gasteiger partial charge in [-0.1, -0.05) is 0 Å². The van der Waals surface area contributed by atoms with Crippen LogP contribution >= 0.6 is 7.79 Å². The number of esters is 1. The normalized spacial score (nSPS) is 16.8. The van der Waals surface area contributed by atoms with E-state index in [0.717, 1.165) is 23.5 Å². The van der Waals surface area contributed by atoms with Crippen LogP contribution in [0, 0.1) is 5.92 Å². The first-order chi connectivity index (χ1) is 17.7. The molecule has 0 bridgehead atoms. The number of para-hydroxylation sites is 2. The van der Waals surface area contributed by atoms with Crippen LogP contribution < -0.4 is 9.34 Å². The second kappa shape index (κ2) is 11.0. The van der Waals surface area contributed by atoms with Crippen molar-refractivity contribution < 1.29 is 27.6 Å². The summed E-state index contributed by atoms with van der Waals surface area (Å²) in [6.07, 6.45) is -4.41. The van der Waals surface area contributed by atoms with Gasteiger partial charge in [-0.3, -0.25) is 0 Å². The Kier molecular flexibility index (Phi) is 7.90. The molecule has 1 heterocycles. The fourth-order valence-electron chi connectivity index (χ4n) is 4.73. The van der Waals surface area contributed by atoms with E-state index < -0.39 is 31.4 Å². The maximum atomic E-state index is 13.2. The quantitative estimate of drug-likeness (QED) is 0.268. The molecule has 9 heteroatoms. The third kappa shape index (κ3) is 5.50. The second-order valence-corrected chi connectivity index (χ2v) is 11.8. The van der Waals surface area contributed by atoms with Crippen LogP contribution in [0.1, 0.15) is 18.1 Å². The average molecular weight is 531 g/mol. The number of benzene rings is 3. The number of rotatable bonds is 8. The molecule has 1 atom stereocenters. The van der Waals surface area contributed by atoms with Crippen LogP contribution in [0.5, 0.6) is 0 Å². The summed E-state index contributed by atoms with van der Waals surface area (Å²) in [6.45, 7) is 7.09. The summed E-state index contributed by atoms with van der Waals surface area (Å²) in [6, 6.07) is 23.6. The molecule has 1 aliphatic rings. The summed E-state index contributed by atoms with van der Waals surface area (Å²) in [5.74, 6) is -1.52. The van der Waals surface area contributed by atoms with Crippen LogP contribution in [-0.2, 0) is 22.1 Å². The second-order valence-electron chi connectivity index (χ2n) is 8.84. The standard InChI is InChI=1S/C28H30F3N2O3P/c1-3-36-27(34)26(20-22-14-16-23(17-15-22)28(29,30)31)21(2)37(35)32(24-10-6-4-7-11-24)18-19-33(37)25-12-8-5-9-13-25/h4-17,26,35,37H,2-3,18-20H2,1H3. The van der Waals surface area contributed by atoms with Crippen molar-refractivity contribution in [2.45, 2.75) is 19.5 Å². The molecule has 0 spiro atoms. The van der Waals surface area contributed by atoms with Crippen LogP contribution in [0.25, 0.3) is 0 Å². The summed E-state index contributed by atoms with van der Waals surface area (Å²) in [5, 5.41) is 0.316. The molecule has 0 radical (unpaired) electrons. The van der Waals surface area contributed by atoms with Crippen LogP contribution in [0.15, 0.2) is 96.8 Å². The molecule has 5 nitrogen and oxygen atoms in total. The van der Waals surface area contributed by atoms with Gasteiger partial charge in [-0.15, -0.1) is 0 Å². The van der Waals surface area contributed by atoms with Crippen molar-refractivity contribution in [3.63, 3.8) is 0 Å². The molecule has 1 fully saturated rings. The van der Waals surface area contributed by atoms with Crippen molar-refractivity contribution in [1.82, 2.24) is 0 Å². The van der Waals surface area contributed by atoms with E-state index in [9.17, 15) is 22.9 Å². The first kappa shape index (κ1) is 26.7. The topological polar surface area (TPSA) is 53.0 Å². The minimum absolute atomic E-state index is 0.0520. The van der Waals surface area contributed by atoms with Gasteiger partial charge in [-0.25, -0.2) is 0 Å². The Morgan fingerprint density at radius 3 is 1.86 bits per heavy atom. The summed E-state index contributed by atoms with van der Waals surface area (Å²) in [4.78, 5) is 25.7. The molecule has 3 aromatic carbocycles. The molecule has 37 heavy (non-hydrogen) atoms.